The van der Waals surface area contributed by atoms with E-state index < -0.39 is 12.0 Å². The lowest BCUT2D eigenvalue weighted by atomic mass is 9.94. The number of carbonyl (C=O) groups is 1. The quantitative estimate of drug-likeness (QED) is 0.567. The number of halogens is 2. The minimum Gasteiger partial charge on any atom is -0.466 e. The van der Waals surface area contributed by atoms with Crippen LogP contribution in [-0.2, 0) is 14.3 Å². The summed E-state index contributed by atoms with van der Waals surface area (Å²) in [5, 5.41) is 9.41. The smallest absolute Gasteiger partial charge is 0.338 e. The second-order valence-electron chi connectivity index (χ2n) is 8.07. The van der Waals surface area contributed by atoms with Gasteiger partial charge in [-0.05, 0) is 17.7 Å². The van der Waals surface area contributed by atoms with Crippen LogP contribution in [0.4, 0.5) is 4.39 Å². The molecule has 174 valence electrons. The van der Waals surface area contributed by atoms with Gasteiger partial charge >= 0.3 is 5.97 Å². The van der Waals surface area contributed by atoms with Crippen LogP contribution in [0.3, 0.4) is 0 Å². The average Bonchev–Trinajstić information content (AvgIpc) is 3.33. The molecule has 33 heavy (non-hydrogen) atoms. The van der Waals surface area contributed by atoms with Crippen molar-refractivity contribution in [3.05, 3.63) is 61.9 Å². The number of thiazole rings is 1. The maximum atomic E-state index is 13.8. The molecule has 1 aromatic carbocycles. The zero-order valence-corrected chi connectivity index (χ0v) is 20.3. The number of morpholine rings is 1. The number of nitrogens with zero attached hydrogens (tertiary/aromatic N) is 3. The standard InChI is InChI=1S/C22H23BrFN5O3S/c1-31-22(30)18-17(9-29-13-7-25-8-14(29)11-32-10-13)27-20(21-26-4-5-33-21)28-19(18)15-3-2-12(24)6-16(15)23/h2-6,13-14,19,25H,7-11H2,1H3,(H,27,28)/t13?,14?,19-/m0/s1. The SMILES string of the molecule is COC(=O)C1=C(CN2C3CNCC2COC3)NC(c2nccs2)=N[C@H]1c1ccc(F)cc1Br. The van der Waals surface area contributed by atoms with Crippen LogP contribution in [0.25, 0.3) is 0 Å². The number of piperazine rings is 1. The van der Waals surface area contributed by atoms with Crippen LogP contribution in [-0.4, -0.2) is 73.7 Å². The molecule has 0 spiro atoms. The van der Waals surface area contributed by atoms with Gasteiger partial charge in [0.05, 0.1) is 25.9 Å². The summed E-state index contributed by atoms with van der Waals surface area (Å²) in [4.78, 5) is 24.7. The van der Waals surface area contributed by atoms with Crippen molar-refractivity contribution in [3.63, 3.8) is 0 Å². The summed E-state index contributed by atoms with van der Waals surface area (Å²) >= 11 is 4.91. The topological polar surface area (TPSA) is 88.1 Å². The summed E-state index contributed by atoms with van der Waals surface area (Å²) in [5.74, 6) is -0.274. The Balaban J connectivity index is 1.61. The number of nitrogens with one attached hydrogen (secondary N) is 2. The molecule has 0 saturated carbocycles. The van der Waals surface area contributed by atoms with E-state index in [-0.39, 0.29) is 17.9 Å². The summed E-state index contributed by atoms with van der Waals surface area (Å²) < 4.78 is 25.3. The van der Waals surface area contributed by atoms with Crippen LogP contribution in [0.15, 0.2) is 50.5 Å². The Kier molecular flexibility index (Phi) is 6.57. The number of carbonyl (C=O) groups excluding carboxylic acids is 1. The van der Waals surface area contributed by atoms with Crippen LogP contribution >= 0.6 is 27.3 Å². The minimum atomic E-state index is -0.679. The van der Waals surface area contributed by atoms with Crippen molar-refractivity contribution in [2.24, 2.45) is 4.99 Å². The van der Waals surface area contributed by atoms with E-state index in [0.717, 1.165) is 13.1 Å². The lowest BCUT2D eigenvalue weighted by Crippen LogP contribution is -2.64. The molecule has 8 nitrogen and oxygen atoms in total. The first-order valence-electron chi connectivity index (χ1n) is 10.6. The van der Waals surface area contributed by atoms with Crippen molar-refractivity contribution < 1.29 is 18.7 Å². The maximum absolute atomic E-state index is 13.8. The van der Waals surface area contributed by atoms with Crippen molar-refractivity contribution in [1.29, 1.82) is 0 Å². The second kappa shape index (κ2) is 9.59. The van der Waals surface area contributed by atoms with Crippen LogP contribution in [0, 0.1) is 5.82 Å². The van der Waals surface area contributed by atoms with Crippen LogP contribution in [0.5, 0.6) is 0 Å². The zero-order chi connectivity index (χ0) is 22.9. The summed E-state index contributed by atoms with van der Waals surface area (Å²) in [6.45, 7) is 3.40. The number of aromatic nitrogens is 1. The zero-order valence-electron chi connectivity index (χ0n) is 17.9. The highest BCUT2D eigenvalue weighted by Crippen LogP contribution is 2.37. The second-order valence-corrected chi connectivity index (χ2v) is 9.82. The minimum absolute atomic E-state index is 0.198. The molecule has 2 aromatic rings. The fourth-order valence-electron chi connectivity index (χ4n) is 4.51. The van der Waals surface area contributed by atoms with E-state index in [1.165, 1.54) is 30.6 Å². The van der Waals surface area contributed by atoms with Crippen molar-refractivity contribution >= 4 is 39.1 Å². The van der Waals surface area contributed by atoms with Crippen LogP contribution in [0.1, 0.15) is 16.6 Å². The van der Waals surface area contributed by atoms with Gasteiger partial charge in [0, 0.05) is 53.5 Å². The lowest BCUT2D eigenvalue weighted by Gasteiger charge is -2.46. The lowest BCUT2D eigenvalue weighted by molar-refractivity contribution is -0.136. The molecule has 5 rings (SSSR count). The van der Waals surface area contributed by atoms with Gasteiger partial charge in [-0.2, -0.15) is 0 Å². The Hall–Kier alpha value is -2.18. The van der Waals surface area contributed by atoms with Crippen molar-refractivity contribution in [2.75, 3.05) is 40.0 Å². The predicted octanol–water partition coefficient (Wildman–Crippen LogP) is 2.24. The Bertz CT molecular complexity index is 1090. The van der Waals surface area contributed by atoms with E-state index in [1.54, 1.807) is 12.3 Å². The van der Waals surface area contributed by atoms with Gasteiger partial charge in [-0.25, -0.2) is 14.2 Å². The van der Waals surface area contributed by atoms with E-state index >= 15 is 0 Å². The number of amidine groups is 1. The third-order valence-corrected chi connectivity index (χ3v) is 7.55. The highest BCUT2D eigenvalue weighted by Gasteiger charge is 2.39. The fraction of sp³-hybridized carbons (Fsp3) is 0.409. The number of rotatable bonds is 5. The molecule has 0 radical (unpaired) electrons. The molecule has 2 unspecified atom stereocenters. The molecule has 3 aliphatic rings. The normalized spacial score (nSPS) is 25.4. The van der Waals surface area contributed by atoms with Crippen molar-refractivity contribution in [1.82, 2.24) is 20.5 Å². The molecule has 2 fully saturated rings. The monoisotopic (exact) mass is 535 g/mol. The Morgan fingerprint density at radius 1 is 1.36 bits per heavy atom. The van der Waals surface area contributed by atoms with Gasteiger partial charge in [0.15, 0.2) is 10.8 Å². The van der Waals surface area contributed by atoms with E-state index in [2.05, 4.69) is 36.4 Å². The number of ether oxygens (including phenoxy) is 2. The Labute approximate surface area is 203 Å². The first-order chi connectivity index (χ1) is 16.0. The Morgan fingerprint density at radius 2 is 2.15 bits per heavy atom. The van der Waals surface area contributed by atoms with Gasteiger partial charge in [-0.3, -0.25) is 9.89 Å². The van der Waals surface area contributed by atoms with Crippen molar-refractivity contribution in [2.45, 2.75) is 18.1 Å². The number of aliphatic imine (C=N–C) groups is 1. The first kappa shape index (κ1) is 22.6. The molecule has 2 bridgehead atoms. The summed E-state index contributed by atoms with van der Waals surface area (Å²) in [6.07, 6.45) is 1.71. The van der Waals surface area contributed by atoms with E-state index in [1.807, 2.05) is 5.38 Å². The molecular formula is C22H23BrFN5O3S. The van der Waals surface area contributed by atoms with E-state index in [9.17, 15) is 9.18 Å². The third-order valence-electron chi connectivity index (χ3n) is 6.08. The van der Waals surface area contributed by atoms with E-state index in [4.69, 9.17) is 14.5 Å². The molecule has 3 aliphatic heterocycles. The molecule has 2 saturated heterocycles. The molecule has 1 aromatic heterocycles. The van der Waals surface area contributed by atoms with Gasteiger partial charge in [-0.1, -0.05) is 22.0 Å². The molecular weight excluding hydrogens is 513 g/mol. The van der Waals surface area contributed by atoms with Crippen molar-refractivity contribution in [3.8, 4) is 0 Å². The van der Waals surface area contributed by atoms with Gasteiger partial charge < -0.3 is 20.1 Å². The number of esters is 1. The summed E-state index contributed by atoms with van der Waals surface area (Å²) in [7, 11) is 1.36. The fourth-order valence-corrected chi connectivity index (χ4v) is 5.66. The first-order valence-corrected chi connectivity index (χ1v) is 12.3. The number of hydrogen-bond donors (Lipinski definition) is 2. The number of methoxy groups -OCH3 is 1. The Morgan fingerprint density at radius 3 is 2.82 bits per heavy atom. The predicted molar refractivity (Wildman–Crippen MR) is 126 cm³/mol. The van der Waals surface area contributed by atoms with Gasteiger partial charge in [0.25, 0.3) is 0 Å². The molecule has 11 heteroatoms. The van der Waals surface area contributed by atoms with Gasteiger partial charge in [0.1, 0.15) is 11.9 Å². The maximum Gasteiger partial charge on any atom is 0.338 e. The molecule has 0 aliphatic carbocycles. The van der Waals surface area contributed by atoms with Gasteiger partial charge in [-0.15, -0.1) is 11.3 Å². The molecule has 4 heterocycles. The molecule has 0 amide bonds. The summed E-state index contributed by atoms with van der Waals surface area (Å²) in [5.41, 5.74) is 1.79. The number of fused-ring (bicyclic) bond motifs is 2. The summed E-state index contributed by atoms with van der Waals surface area (Å²) in [6, 6.07) is 4.11. The van der Waals surface area contributed by atoms with Crippen LogP contribution in [0.2, 0.25) is 0 Å². The average molecular weight is 536 g/mol. The molecule has 2 N–H and O–H groups in total. The highest BCUT2D eigenvalue weighted by atomic mass is 79.9. The van der Waals surface area contributed by atoms with E-state index in [0.29, 0.717) is 51.9 Å². The number of benzene rings is 1. The molecule has 3 atom stereocenters. The number of hydrogen-bond acceptors (Lipinski definition) is 9. The highest BCUT2D eigenvalue weighted by molar-refractivity contribution is 9.10. The third kappa shape index (κ3) is 4.47. The van der Waals surface area contributed by atoms with Gasteiger partial charge in [0.2, 0.25) is 0 Å². The van der Waals surface area contributed by atoms with Crippen LogP contribution < -0.4 is 10.6 Å². The largest absolute Gasteiger partial charge is 0.466 e.